The van der Waals surface area contributed by atoms with Gasteiger partial charge in [0.25, 0.3) is 0 Å². The number of nitrogens with zero attached hydrogens (tertiary/aromatic N) is 1. The molecule has 5 nitrogen and oxygen atoms in total. The van der Waals surface area contributed by atoms with Crippen LogP contribution in [0.2, 0.25) is 0 Å². The highest BCUT2D eigenvalue weighted by molar-refractivity contribution is 5.95. The second-order valence-electron chi connectivity index (χ2n) is 6.85. The fourth-order valence-electron chi connectivity index (χ4n) is 3.13. The predicted molar refractivity (Wildman–Crippen MR) is 106 cm³/mol. The first-order valence-electron chi connectivity index (χ1n) is 9.15. The van der Waals surface area contributed by atoms with Crippen molar-refractivity contribution in [3.8, 4) is 5.75 Å². The van der Waals surface area contributed by atoms with Crippen molar-refractivity contribution in [2.24, 2.45) is 5.92 Å². The Hall–Kier alpha value is -3.08. The number of amides is 2. The molecule has 0 saturated carbocycles. The molecule has 2 aromatic rings. The molecule has 0 aromatic heterocycles. The molecule has 0 unspecified atom stereocenters. The van der Waals surface area contributed by atoms with Gasteiger partial charge < -0.3 is 15.3 Å². The van der Waals surface area contributed by atoms with E-state index in [1.807, 2.05) is 37.3 Å². The molecule has 1 aliphatic heterocycles. The number of nitrogens with one attached hydrogen (secondary N) is 1. The van der Waals surface area contributed by atoms with Crippen LogP contribution < -0.4 is 5.32 Å². The molecular formula is C22H24N2O3. The van der Waals surface area contributed by atoms with Crippen LogP contribution in [-0.4, -0.2) is 34.9 Å². The number of piperidine rings is 1. The average molecular weight is 364 g/mol. The molecule has 2 N–H and O–H groups in total. The number of carbonyl (C=O) groups is 2. The Kier molecular flexibility index (Phi) is 5.91. The highest BCUT2D eigenvalue weighted by atomic mass is 16.3. The summed E-state index contributed by atoms with van der Waals surface area (Å²) in [5, 5.41) is 12.5. The van der Waals surface area contributed by atoms with Gasteiger partial charge >= 0.3 is 0 Å². The van der Waals surface area contributed by atoms with Gasteiger partial charge in [0.05, 0.1) is 5.69 Å². The first-order chi connectivity index (χ1) is 13.0. The summed E-state index contributed by atoms with van der Waals surface area (Å²) in [6.07, 6.45) is 4.64. The molecule has 140 valence electrons. The van der Waals surface area contributed by atoms with Crippen LogP contribution in [0.4, 0.5) is 5.69 Å². The molecule has 1 aliphatic rings. The lowest BCUT2D eigenvalue weighted by atomic mass is 9.95. The third-order valence-corrected chi connectivity index (χ3v) is 4.84. The summed E-state index contributed by atoms with van der Waals surface area (Å²) in [7, 11) is 0. The number of phenolic OH excluding ortho intramolecular Hbond substituents is 1. The topological polar surface area (TPSA) is 69.6 Å². The number of phenols is 1. The Bertz CT molecular complexity index is 835. The Labute approximate surface area is 159 Å². The van der Waals surface area contributed by atoms with Crippen molar-refractivity contribution in [1.82, 2.24) is 4.90 Å². The summed E-state index contributed by atoms with van der Waals surface area (Å²) in [5.41, 5.74) is 2.59. The maximum Gasteiger partial charge on any atom is 0.246 e. The minimum absolute atomic E-state index is 0.0323. The normalized spacial score (nSPS) is 15.1. The van der Waals surface area contributed by atoms with Gasteiger partial charge in [-0.1, -0.05) is 42.0 Å². The molecule has 1 heterocycles. The van der Waals surface area contributed by atoms with E-state index in [-0.39, 0.29) is 23.5 Å². The third kappa shape index (κ3) is 4.97. The standard InChI is InChI=1S/C22H24N2O3/c1-16-6-8-17(9-7-16)10-11-21(26)24-14-12-18(13-15-24)22(27)23-19-4-2-3-5-20(19)25/h2-11,18,25H,12-15H2,1H3,(H,23,27). The quantitative estimate of drug-likeness (QED) is 0.643. The number of aromatic hydroxyl groups is 1. The Morgan fingerprint density at radius 3 is 2.41 bits per heavy atom. The molecule has 0 atom stereocenters. The number of anilines is 1. The lowest BCUT2D eigenvalue weighted by Gasteiger charge is -2.30. The van der Waals surface area contributed by atoms with E-state index in [4.69, 9.17) is 0 Å². The van der Waals surface area contributed by atoms with Crippen molar-refractivity contribution in [2.75, 3.05) is 18.4 Å². The number of hydrogen-bond donors (Lipinski definition) is 2. The Morgan fingerprint density at radius 1 is 1.07 bits per heavy atom. The maximum absolute atomic E-state index is 12.4. The van der Waals surface area contributed by atoms with Gasteiger partial charge in [-0.2, -0.15) is 0 Å². The van der Waals surface area contributed by atoms with Crippen LogP contribution in [0.15, 0.2) is 54.6 Å². The summed E-state index contributed by atoms with van der Waals surface area (Å²) >= 11 is 0. The Morgan fingerprint density at radius 2 is 1.74 bits per heavy atom. The van der Waals surface area contributed by atoms with Crippen LogP contribution in [0.5, 0.6) is 5.75 Å². The fraction of sp³-hybridized carbons (Fsp3) is 0.273. The smallest absolute Gasteiger partial charge is 0.246 e. The van der Waals surface area contributed by atoms with E-state index in [9.17, 15) is 14.7 Å². The first kappa shape index (κ1) is 18.7. The number of hydrogen-bond acceptors (Lipinski definition) is 3. The molecule has 0 bridgehead atoms. The van der Waals surface area contributed by atoms with E-state index >= 15 is 0 Å². The molecule has 2 amide bonds. The van der Waals surface area contributed by atoms with Crippen LogP contribution in [0.25, 0.3) is 6.08 Å². The molecule has 0 aliphatic carbocycles. The van der Waals surface area contributed by atoms with E-state index in [1.54, 1.807) is 29.2 Å². The van der Waals surface area contributed by atoms with Gasteiger partial charge in [-0.3, -0.25) is 9.59 Å². The van der Waals surface area contributed by atoms with E-state index in [0.717, 1.165) is 5.56 Å². The van der Waals surface area contributed by atoms with Crippen molar-refractivity contribution in [1.29, 1.82) is 0 Å². The predicted octanol–water partition coefficient (Wildman–Crippen LogP) is 3.59. The number of carbonyl (C=O) groups excluding carboxylic acids is 2. The van der Waals surface area contributed by atoms with Crippen molar-refractivity contribution >= 4 is 23.6 Å². The minimum atomic E-state index is -0.158. The molecular weight excluding hydrogens is 340 g/mol. The zero-order chi connectivity index (χ0) is 19.2. The average Bonchev–Trinajstić information content (AvgIpc) is 2.69. The van der Waals surface area contributed by atoms with E-state index in [1.165, 1.54) is 11.6 Å². The summed E-state index contributed by atoms with van der Waals surface area (Å²) in [6, 6.07) is 14.7. The van der Waals surface area contributed by atoms with Crippen molar-refractivity contribution < 1.29 is 14.7 Å². The van der Waals surface area contributed by atoms with Crippen molar-refractivity contribution in [3.63, 3.8) is 0 Å². The minimum Gasteiger partial charge on any atom is -0.506 e. The summed E-state index contributed by atoms with van der Waals surface area (Å²) < 4.78 is 0. The highest BCUT2D eigenvalue weighted by Crippen LogP contribution is 2.25. The summed E-state index contributed by atoms with van der Waals surface area (Å²) in [5.74, 6) is -0.247. The van der Waals surface area contributed by atoms with Crippen LogP contribution >= 0.6 is 0 Å². The van der Waals surface area contributed by atoms with E-state index in [2.05, 4.69) is 5.32 Å². The second-order valence-corrected chi connectivity index (χ2v) is 6.85. The van der Waals surface area contributed by atoms with Gasteiger partial charge in [-0.05, 0) is 43.5 Å². The van der Waals surface area contributed by atoms with Gasteiger partial charge in [-0.15, -0.1) is 0 Å². The van der Waals surface area contributed by atoms with E-state index in [0.29, 0.717) is 31.6 Å². The van der Waals surface area contributed by atoms with Gasteiger partial charge in [0.15, 0.2) is 0 Å². The fourth-order valence-corrected chi connectivity index (χ4v) is 3.13. The van der Waals surface area contributed by atoms with Crippen molar-refractivity contribution in [3.05, 3.63) is 65.7 Å². The molecule has 2 aromatic carbocycles. The van der Waals surface area contributed by atoms with Crippen LogP contribution in [0.3, 0.4) is 0 Å². The molecule has 3 rings (SSSR count). The molecule has 27 heavy (non-hydrogen) atoms. The number of para-hydroxylation sites is 2. The van der Waals surface area contributed by atoms with Gasteiger partial charge in [0.2, 0.25) is 11.8 Å². The zero-order valence-corrected chi connectivity index (χ0v) is 15.4. The third-order valence-electron chi connectivity index (χ3n) is 4.84. The molecule has 1 saturated heterocycles. The summed E-state index contributed by atoms with van der Waals surface area (Å²) in [4.78, 5) is 26.5. The number of likely N-dealkylation sites (tertiary alicyclic amines) is 1. The highest BCUT2D eigenvalue weighted by Gasteiger charge is 2.26. The summed E-state index contributed by atoms with van der Waals surface area (Å²) in [6.45, 7) is 3.13. The van der Waals surface area contributed by atoms with Crippen LogP contribution in [0, 0.1) is 12.8 Å². The van der Waals surface area contributed by atoms with E-state index < -0.39 is 0 Å². The monoisotopic (exact) mass is 364 g/mol. The number of benzene rings is 2. The number of rotatable bonds is 4. The molecule has 0 spiro atoms. The first-order valence-corrected chi connectivity index (χ1v) is 9.15. The van der Waals surface area contributed by atoms with Crippen LogP contribution in [0.1, 0.15) is 24.0 Å². The van der Waals surface area contributed by atoms with Crippen molar-refractivity contribution in [2.45, 2.75) is 19.8 Å². The SMILES string of the molecule is Cc1ccc(C=CC(=O)N2CCC(C(=O)Nc3ccccc3O)CC2)cc1. The van der Waals surface area contributed by atoms with Gasteiger partial charge in [-0.25, -0.2) is 0 Å². The number of aryl methyl sites for hydroxylation is 1. The Balaban J connectivity index is 1.50. The largest absolute Gasteiger partial charge is 0.506 e. The van der Waals surface area contributed by atoms with Crippen LogP contribution in [-0.2, 0) is 9.59 Å². The lowest BCUT2D eigenvalue weighted by Crippen LogP contribution is -2.40. The molecule has 0 radical (unpaired) electrons. The van der Waals surface area contributed by atoms with Gasteiger partial charge in [0, 0.05) is 25.1 Å². The second kappa shape index (κ2) is 8.54. The van der Waals surface area contributed by atoms with Gasteiger partial charge in [0.1, 0.15) is 5.75 Å². The molecule has 1 fully saturated rings. The molecule has 5 heteroatoms. The maximum atomic E-state index is 12.4. The zero-order valence-electron chi connectivity index (χ0n) is 15.4. The lowest BCUT2D eigenvalue weighted by molar-refractivity contribution is -0.130.